The van der Waals surface area contributed by atoms with Crippen molar-refractivity contribution >= 4 is 15.7 Å². The van der Waals surface area contributed by atoms with Crippen LogP contribution in [0.2, 0.25) is 0 Å². The molecule has 0 radical (unpaired) electrons. The monoisotopic (exact) mass is 345 g/mol. The number of sulfone groups is 1. The van der Waals surface area contributed by atoms with Gasteiger partial charge in [-0.3, -0.25) is 9.89 Å². The standard InChI is InChI=1S/C17H19N3O3S/c1-20(16(21)9-13-7-8-24(22,23)12-13)11-15-10-18-19-17(15)14-5-3-2-4-6-14/h2-8,10,13H,9,11-12H2,1H3,(H,18,19). The van der Waals surface area contributed by atoms with Gasteiger partial charge in [0.15, 0.2) is 9.84 Å². The quantitative estimate of drug-likeness (QED) is 0.898. The Morgan fingerprint density at radius 2 is 2.08 bits per heavy atom. The third-order valence-corrected chi connectivity index (χ3v) is 5.52. The van der Waals surface area contributed by atoms with Crippen molar-refractivity contribution < 1.29 is 13.2 Å². The lowest BCUT2D eigenvalue weighted by molar-refractivity contribution is -0.130. The molecule has 126 valence electrons. The summed E-state index contributed by atoms with van der Waals surface area (Å²) >= 11 is 0. The molecule has 0 bridgehead atoms. The maximum atomic E-state index is 12.4. The third kappa shape index (κ3) is 3.73. The van der Waals surface area contributed by atoms with Gasteiger partial charge in [-0.15, -0.1) is 0 Å². The van der Waals surface area contributed by atoms with Crippen LogP contribution in [0.25, 0.3) is 11.3 Å². The molecule has 1 aliphatic rings. The van der Waals surface area contributed by atoms with Crippen LogP contribution in [0.1, 0.15) is 12.0 Å². The Morgan fingerprint density at radius 1 is 1.33 bits per heavy atom. The molecule has 0 fully saturated rings. The largest absolute Gasteiger partial charge is 0.341 e. The molecule has 2 aromatic rings. The summed E-state index contributed by atoms with van der Waals surface area (Å²) in [4.78, 5) is 14.0. The molecule has 1 aromatic heterocycles. The fourth-order valence-electron chi connectivity index (χ4n) is 2.78. The number of amides is 1. The van der Waals surface area contributed by atoms with E-state index in [4.69, 9.17) is 0 Å². The number of benzene rings is 1. The minimum absolute atomic E-state index is 0.0214. The van der Waals surface area contributed by atoms with Crippen LogP contribution in [0.3, 0.4) is 0 Å². The van der Waals surface area contributed by atoms with Crippen molar-refractivity contribution in [1.29, 1.82) is 0 Å². The molecule has 0 spiro atoms. The topological polar surface area (TPSA) is 83.1 Å². The smallest absolute Gasteiger partial charge is 0.223 e. The number of carbonyl (C=O) groups is 1. The van der Waals surface area contributed by atoms with Crippen molar-refractivity contribution in [2.45, 2.75) is 13.0 Å². The number of aromatic amines is 1. The fourth-order valence-corrected chi connectivity index (χ4v) is 4.18. The van der Waals surface area contributed by atoms with E-state index in [9.17, 15) is 13.2 Å². The summed E-state index contributed by atoms with van der Waals surface area (Å²) < 4.78 is 22.9. The van der Waals surface area contributed by atoms with Gasteiger partial charge >= 0.3 is 0 Å². The maximum absolute atomic E-state index is 12.4. The van der Waals surface area contributed by atoms with E-state index in [2.05, 4.69) is 10.2 Å². The number of aromatic nitrogens is 2. The second-order valence-electron chi connectivity index (χ2n) is 6.01. The van der Waals surface area contributed by atoms with E-state index >= 15 is 0 Å². The van der Waals surface area contributed by atoms with Gasteiger partial charge in [0.2, 0.25) is 5.91 Å². The van der Waals surface area contributed by atoms with E-state index in [1.807, 2.05) is 30.3 Å². The zero-order valence-electron chi connectivity index (χ0n) is 13.3. The normalized spacial score (nSPS) is 18.6. The minimum atomic E-state index is -3.13. The van der Waals surface area contributed by atoms with E-state index in [0.717, 1.165) is 16.8 Å². The molecule has 1 aromatic carbocycles. The SMILES string of the molecule is CN(Cc1cn[nH]c1-c1ccccc1)C(=O)CC1C=CS(=O)(=O)C1. The number of nitrogens with one attached hydrogen (secondary N) is 1. The summed E-state index contributed by atoms with van der Waals surface area (Å²) in [6.07, 6.45) is 3.52. The van der Waals surface area contributed by atoms with Crippen molar-refractivity contribution in [2.75, 3.05) is 12.8 Å². The third-order valence-electron chi connectivity index (χ3n) is 4.05. The minimum Gasteiger partial charge on any atom is -0.341 e. The lowest BCUT2D eigenvalue weighted by Gasteiger charge is -2.18. The summed E-state index contributed by atoms with van der Waals surface area (Å²) in [7, 11) is -1.41. The summed E-state index contributed by atoms with van der Waals surface area (Å²) in [6, 6.07) is 9.79. The highest BCUT2D eigenvalue weighted by Crippen LogP contribution is 2.23. The van der Waals surface area contributed by atoms with Gasteiger partial charge in [-0.05, 0) is 5.56 Å². The molecule has 1 amide bonds. The Bertz CT molecular complexity index is 856. The summed E-state index contributed by atoms with van der Waals surface area (Å²) in [6.45, 7) is 0.419. The van der Waals surface area contributed by atoms with Crippen molar-refractivity contribution in [3.63, 3.8) is 0 Å². The predicted molar refractivity (Wildman–Crippen MR) is 91.5 cm³/mol. The van der Waals surface area contributed by atoms with Gasteiger partial charge in [-0.2, -0.15) is 5.10 Å². The number of carbonyl (C=O) groups excluding carboxylic acids is 1. The summed E-state index contributed by atoms with van der Waals surface area (Å²) in [5.41, 5.74) is 2.82. The van der Waals surface area contributed by atoms with Crippen LogP contribution in [-0.4, -0.2) is 42.2 Å². The van der Waals surface area contributed by atoms with Crippen LogP contribution < -0.4 is 0 Å². The molecular formula is C17H19N3O3S. The van der Waals surface area contributed by atoms with E-state index < -0.39 is 9.84 Å². The Hall–Kier alpha value is -2.41. The molecule has 6 nitrogen and oxygen atoms in total. The zero-order chi connectivity index (χ0) is 17.2. The Morgan fingerprint density at radius 3 is 2.75 bits per heavy atom. The maximum Gasteiger partial charge on any atom is 0.223 e. The van der Waals surface area contributed by atoms with Crippen molar-refractivity contribution in [3.8, 4) is 11.3 Å². The lowest BCUT2D eigenvalue weighted by Crippen LogP contribution is -2.28. The number of nitrogens with zero attached hydrogens (tertiary/aromatic N) is 2. The van der Waals surface area contributed by atoms with Crippen LogP contribution in [0, 0.1) is 5.92 Å². The highest BCUT2D eigenvalue weighted by Gasteiger charge is 2.25. The van der Waals surface area contributed by atoms with Crippen LogP contribution in [0.4, 0.5) is 0 Å². The molecule has 0 saturated heterocycles. The molecule has 1 N–H and O–H groups in total. The van der Waals surface area contributed by atoms with Gasteiger partial charge in [0.05, 0.1) is 17.6 Å². The summed E-state index contributed by atoms with van der Waals surface area (Å²) in [5, 5.41) is 8.25. The van der Waals surface area contributed by atoms with Crippen molar-refractivity contribution in [1.82, 2.24) is 15.1 Å². The van der Waals surface area contributed by atoms with E-state index in [1.54, 1.807) is 24.2 Å². The van der Waals surface area contributed by atoms with E-state index in [-0.39, 0.29) is 24.0 Å². The highest BCUT2D eigenvalue weighted by molar-refractivity contribution is 7.94. The molecule has 7 heteroatoms. The highest BCUT2D eigenvalue weighted by atomic mass is 32.2. The number of rotatable bonds is 5. The molecular weight excluding hydrogens is 326 g/mol. The predicted octanol–water partition coefficient (Wildman–Crippen LogP) is 1.98. The van der Waals surface area contributed by atoms with E-state index in [0.29, 0.717) is 6.54 Å². The van der Waals surface area contributed by atoms with Crippen molar-refractivity contribution in [2.24, 2.45) is 5.92 Å². The van der Waals surface area contributed by atoms with Crippen LogP contribution in [0.5, 0.6) is 0 Å². The second-order valence-corrected chi connectivity index (χ2v) is 7.94. The Balaban J connectivity index is 1.65. The molecule has 3 rings (SSSR count). The Kier molecular flexibility index (Phi) is 4.53. The first-order valence-electron chi connectivity index (χ1n) is 7.67. The van der Waals surface area contributed by atoms with Crippen LogP contribution in [0.15, 0.2) is 48.0 Å². The van der Waals surface area contributed by atoms with Gasteiger partial charge in [-0.25, -0.2) is 8.42 Å². The van der Waals surface area contributed by atoms with E-state index in [1.165, 1.54) is 5.41 Å². The number of hydrogen-bond acceptors (Lipinski definition) is 4. The average Bonchev–Trinajstić information content (AvgIpc) is 3.14. The van der Waals surface area contributed by atoms with Gasteiger partial charge in [-0.1, -0.05) is 36.4 Å². The molecule has 0 saturated carbocycles. The van der Waals surface area contributed by atoms with Gasteiger partial charge in [0.1, 0.15) is 0 Å². The molecule has 1 unspecified atom stereocenters. The molecule has 0 aliphatic carbocycles. The number of allylic oxidation sites excluding steroid dienone is 1. The second kappa shape index (κ2) is 6.60. The number of H-pyrrole nitrogens is 1. The molecule has 2 heterocycles. The van der Waals surface area contributed by atoms with Gasteiger partial charge in [0.25, 0.3) is 0 Å². The van der Waals surface area contributed by atoms with Crippen LogP contribution in [-0.2, 0) is 21.2 Å². The van der Waals surface area contributed by atoms with Crippen LogP contribution >= 0.6 is 0 Å². The van der Waals surface area contributed by atoms with Gasteiger partial charge in [0, 0.05) is 36.9 Å². The first kappa shape index (κ1) is 16.4. The first-order valence-corrected chi connectivity index (χ1v) is 9.39. The van der Waals surface area contributed by atoms with Crippen molar-refractivity contribution in [3.05, 3.63) is 53.6 Å². The molecule has 1 aliphatic heterocycles. The van der Waals surface area contributed by atoms with Gasteiger partial charge < -0.3 is 4.90 Å². The average molecular weight is 345 g/mol. The Labute approximate surface area is 141 Å². The summed E-state index contributed by atoms with van der Waals surface area (Å²) in [5.74, 6) is -0.294. The molecule has 24 heavy (non-hydrogen) atoms. The lowest BCUT2D eigenvalue weighted by atomic mass is 10.1. The number of hydrogen-bond donors (Lipinski definition) is 1. The first-order chi connectivity index (χ1) is 11.4. The zero-order valence-corrected chi connectivity index (χ0v) is 14.2. The fraction of sp³-hybridized carbons (Fsp3) is 0.294. The molecule has 1 atom stereocenters.